The molecule has 0 spiro atoms. The summed E-state index contributed by atoms with van der Waals surface area (Å²) in [7, 11) is 0. The zero-order valence-corrected chi connectivity index (χ0v) is 18.0. The Kier molecular flexibility index (Phi) is 6.05. The van der Waals surface area contributed by atoms with E-state index >= 15 is 0 Å². The van der Waals surface area contributed by atoms with Gasteiger partial charge in [-0.1, -0.05) is 54.6 Å². The van der Waals surface area contributed by atoms with Crippen molar-refractivity contribution in [2.24, 2.45) is 0 Å². The highest BCUT2D eigenvalue weighted by Gasteiger charge is 2.18. The fourth-order valence-electron chi connectivity index (χ4n) is 4.32. The minimum absolute atomic E-state index is 0. The molecule has 1 aromatic heterocycles. The Morgan fingerprint density at radius 1 is 0.800 bits per heavy atom. The van der Waals surface area contributed by atoms with E-state index in [1.165, 1.54) is 35.6 Å². The second-order valence-electron chi connectivity index (χ2n) is 7.87. The Bertz CT molecular complexity index is 1150. The first kappa shape index (κ1) is 20.4. The molecule has 1 aliphatic heterocycles. The van der Waals surface area contributed by atoms with Crippen molar-refractivity contribution in [3.05, 3.63) is 72.3 Å². The predicted molar refractivity (Wildman–Crippen MR) is 129 cm³/mol. The molecule has 1 N–H and O–H groups in total. The number of benzene rings is 3. The summed E-state index contributed by atoms with van der Waals surface area (Å²) in [6.45, 7) is 4.28. The molecule has 30 heavy (non-hydrogen) atoms. The lowest BCUT2D eigenvalue weighted by Crippen LogP contribution is -2.31. The third kappa shape index (κ3) is 3.92. The molecule has 0 unspecified atom stereocenters. The molecule has 4 nitrogen and oxygen atoms in total. The largest absolute Gasteiger partial charge is 0.363 e. The van der Waals surface area contributed by atoms with Crippen molar-refractivity contribution in [1.29, 1.82) is 0 Å². The monoisotopic (exact) mass is 418 g/mol. The molecule has 3 aromatic carbocycles. The number of para-hydroxylation sites is 1. The van der Waals surface area contributed by atoms with Gasteiger partial charge in [0.25, 0.3) is 0 Å². The first-order chi connectivity index (χ1) is 14.3. The molecule has 0 bridgehead atoms. The summed E-state index contributed by atoms with van der Waals surface area (Å²) in [5.74, 6) is 1.76. The minimum atomic E-state index is 0. The maximum atomic E-state index is 4.97. The first-order valence-electron chi connectivity index (χ1n) is 10.6. The third-order valence-electron chi connectivity index (χ3n) is 5.87. The lowest BCUT2D eigenvalue weighted by Gasteiger charge is -2.27. The Morgan fingerprint density at radius 3 is 2.33 bits per heavy atom. The summed E-state index contributed by atoms with van der Waals surface area (Å²) >= 11 is 0. The molecule has 4 aromatic rings. The topological polar surface area (TPSA) is 41.1 Å². The zero-order chi connectivity index (χ0) is 19.6. The Balaban J connectivity index is 0.00000218. The molecule has 5 heteroatoms. The van der Waals surface area contributed by atoms with Crippen LogP contribution in [0.25, 0.3) is 21.7 Å². The number of nitrogens with zero attached hydrogens (tertiary/aromatic N) is 3. The number of rotatable bonds is 4. The number of hydrogen-bond acceptors (Lipinski definition) is 4. The van der Waals surface area contributed by atoms with Gasteiger partial charge in [-0.15, -0.1) is 12.4 Å². The van der Waals surface area contributed by atoms with Gasteiger partial charge in [0.15, 0.2) is 0 Å². The van der Waals surface area contributed by atoms with Gasteiger partial charge < -0.3 is 10.2 Å². The molecule has 154 valence electrons. The van der Waals surface area contributed by atoms with Crippen LogP contribution in [0.2, 0.25) is 0 Å². The summed E-state index contributed by atoms with van der Waals surface area (Å²) in [4.78, 5) is 12.2. The smallest absolute Gasteiger partial charge is 0.227 e. The summed E-state index contributed by atoms with van der Waals surface area (Å²) in [5, 5.41) is 7.31. The van der Waals surface area contributed by atoms with Crippen LogP contribution in [0.4, 0.5) is 11.8 Å². The molecular formula is C25H27ClN4. The number of hydrogen-bond donors (Lipinski definition) is 1. The van der Waals surface area contributed by atoms with Crippen molar-refractivity contribution in [1.82, 2.24) is 9.97 Å². The van der Waals surface area contributed by atoms with Crippen molar-refractivity contribution >= 4 is 45.8 Å². The zero-order valence-electron chi connectivity index (χ0n) is 17.2. The van der Waals surface area contributed by atoms with Gasteiger partial charge >= 0.3 is 0 Å². The molecule has 1 aliphatic rings. The summed E-state index contributed by atoms with van der Waals surface area (Å²) in [5.41, 5.74) is 2.28. The first-order valence-corrected chi connectivity index (χ1v) is 10.6. The summed E-state index contributed by atoms with van der Waals surface area (Å²) in [6.07, 6.45) is 3.73. The average molecular weight is 419 g/mol. The van der Waals surface area contributed by atoms with E-state index < -0.39 is 0 Å². The van der Waals surface area contributed by atoms with Crippen molar-refractivity contribution in [3.63, 3.8) is 0 Å². The number of anilines is 2. The van der Waals surface area contributed by atoms with Gasteiger partial charge in [-0.05, 0) is 54.7 Å². The molecule has 0 aliphatic carbocycles. The maximum Gasteiger partial charge on any atom is 0.227 e. The van der Waals surface area contributed by atoms with Crippen LogP contribution in [0.15, 0.2) is 66.7 Å². The second kappa shape index (κ2) is 8.88. The van der Waals surface area contributed by atoms with E-state index in [4.69, 9.17) is 9.97 Å². The van der Waals surface area contributed by atoms with E-state index in [2.05, 4.69) is 77.8 Å². The van der Waals surface area contributed by atoms with Gasteiger partial charge in [0, 0.05) is 18.5 Å². The molecule has 1 atom stereocenters. The normalized spacial score (nSPS) is 15.0. The van der Waals surface area contributed by atoms with Crippen LogP contribution in [-0.4, -0.2) is 23.1 Å². The fraction of sp³-hybridized carbons (Fsp3) is 0.280. The highest BCUT2D eigenvalue weighted by atomic mass is 35.5. The van der Waals surface area contributed by atoms with E-state index in [-0.39, 0.29) is 18.4 Å². The van der Waals surface area contributed by atoms with Crippen LogP contribution in [0, 0.1) is 0 Å². The van der Waals surface area contributed by atoms with E-state index in [0.717, 1.165) is 35.8 Å². The Morgan fingerprint density at radius 2 is 1.50 bits per heavy atom. The van der Waals surface area contributed by atoms with E-state index in [1.54, 1.807) is 0 Å². The van der Waals surface area contributed by atoms with Crippen LogP contribution in [0.3, 0.4) is 0 Å². The van der Waals surface area contributed by atoms with Gasteiger partial charge in [-0.3, -0.25) is 0 Å². The molecule has 5 rings (SSSR count). The second-order valence-corrected chi connectivity index (χ2v) is 7.87. The minimum Gasteiger partial charge on any atom is -0.363 e. The van der Waals surface area contributed by atoms with Crippen LogP contribution >= 0.6 is 12.4 Å². The third-order valence-corrected chi connectivity index (χ3v) is 5.87. The standard InChI is InChI=1S/C25H26N4.ClH/c1-18(20-14-9-11-19-10-3-4-12-21(19)20)26-24-22-13-5-6-15-23(22)27-25(28-24)29-16-7-2-8-17-29;/h3-6,9-15,18H,2,7-8,16-17H2,1H3,(H,26,27,28);1H/t18-;/m1./s1. The average Bonchev–Trinajstić information content (AvgIpc) is 2.79. The molecule has 1 fully saturated rings. The Hall–Kier alpha value is -2.85. The van der Waals surface area contributed by atoms with Crippen molar-refractivity contribution in [2.75, 3.05) is 23.3 Å². The van der Waals surface area contributed by atoms with Gasteiger partial charge in [0.05, 0.1) is 11.6 Å². The van der Waals surface area contributed by atoms with Gasteiger partial charge in [-0.25, -0.2) is 4.98 Å². The molecule has 0 saturated carbocycles. The van der Waals surface area contributed by atoms with E-state index in [1.807, 2.05) is 6.07 Å². The van der Waals surface area contributed by atoms with Gasteiger partial charge in [0.2, 0.25) is 5.95 Å². The lowest BCUT2D eigenvalue weighted by atomic mass is 9.99. The van der Waals surface area contributed by atoms with Crippen LogP contribution in [0.1, 0.15) is 37.8 Å². The number of piperidine rings is 1. The highest BCUT2D eigenvalue weighted by molar-refractivity contribution is 5.91. The maximum absolute atomic E-state index is 4.97. The van der Waals surface area contributed by atoms with Crippen LogP contribution in [-0.2, 0) is 0 Å². The highest BCUT2D eigenvalue weighted by Crippen LogP contribution is 2.30. The summed E-state index contributed by atoms with van der Waals surface area (Å²) in [6, 6.07) is 23.5. The fourth-order valence-corrected chi connectivity index (χ4v) is 4.32. The van der Waals surface area contributed by atoms with Crippen molar-refractivity contribution < 1.29 is 0 Å². The number of nitrogens with one attached hydrogen (secondary N) is 1. The number of aromatic nitrogens is 2. The van der Waals surface area contributed by atoms with Crippen molar-refractivity contribution in [2.45, 2.75) is 32.2 Å². The number of fused-ring (bicyclic) bond motifs is 2. The van der Waals surface area contributed by atoms with E-state index in [0.29, 0.717) is 0 Å². The number of halogens is 1. The molecule has 1 saturated heterocycles. The van der Waals surface area contributed by atoms with Crippen molar-refractivity contribution in [3.8, 4) is 0 Å². The van der Waals surface area contributed by atoms with E-state index in [9.17, 15) is 0 Å². The Labute approximate surface area is 183 Å². The molecule has 0 radical (unpaired) electrons. The molecular weight excluding hydrogens is 392 g/mol. The molecule has 0 amide bonds. The quantitative estimate of drug-likeness (QED) is 0.418. The van der Waals surface area contributed by atoms with Crippen LogP contribution < -0.4 is 10.2 Å². The lowest BCUT2D eigenvalue weighted by molar-refractivity contribution is 0.569. The SMILES string of the molecule is C[C@@H](Nc1nc(N2CCCCC2)nc2ccccc12)c1cccc2ccccc12.Cl. The van der Waals surface area contributed by atoms with Crippen LogP contribution in [0.5, 0.6) is 0 Å². The predicted octanol–water partition coefficient (Wildman–Crippen LogP) is 6.37. The van der Waals surface area contributed by atoms with Gasteiger partial charge in [-0.2, -0.15) is 4.98 Å². The molecule has 2 heterocycles. The van der Waals surface area contributed by atoms with Gasteiger partial charge in [0.1, 0.15) is 5.82 Å². The summed E-state index contributed by atoms with van der Waals surface area (Å²) < 4.78 is 0.